The number of fused-ring (bicyclic) bond motifs is 1. The third-order valence-electron chi connectivity index (χ3n) is 9.19. The van der Waals surface area contributed by atoms with E-state index in [1.807, 2.05) is 55.5 Å². The molecule has 0 amide bonds. The van der Waals surface area contributed by atoms with Crippen molar-refractivity contribution in [2.45, 2.75) is 64.5 Å². The van der Waals surface area contributed by atoms with Gasteiger partial charge >= 0.3 is 0 Å². The Labute approximate surface area is 269 Å². The van der Waals surface area contributed by atoms with Gasteiger partial charge in [-0.25, -0.2) is 0 Å². The van der Waals surface area contributed by atoms with Crippen LogP contribution in [-0.2, 0) is 22.7 Å². The standard InChI is InChI=1S/C39H36ClNO4/c1-2-44-35-22-28(21-30(40)39(35)45-24-27-15-8-14-26-13-6-7-16-29(26)27)36-37-31(17-9-19-33(37)42)41(23-25-11-4-3-5-12-25)32-18-10-20-34(43)38(32)36/h3-8,11-16,21-22,36H,2,9-10,17-20,23-24H2,1H3. The Morgan fingerprint density at radius 2 is 1.44 bits per heavy atom. The van der Waals surface area contributed by atoms with E-state index in [2.05, 4.69) is 41.3 Å². The van der Waals surface area contributed by atoms with Crippen LogP contribution < -0.4 is 9.47 Å². The Hall–Kier alpha value is -4.35. The average molecular weight is 618 g/mol. The number of halogens is 1. The fraction of sp³-hybridized carbons (Fsp3) is 0.282. The van der Waals surface area contributed by atoms with Crippen LogP contribution >= 0.6 is 11.6 Å². The molecule has 4 aromatic carbocycles. The van der Waals surface area contributed by atoms with Crippen molar-refractivity contribution in [3.05, 3.63) is 129 Å². The molecular formula is C39H36ClNO4. The molecule has 0 saturated carbocycles. The van der Waals surface area contributed by atoms with E-state index < -0.39 is 5.92 Å². The van der Waals surface area contributed by atoms with E-state index in [4.69, 9.17) is 21.1 Å². The quantitative estimate of drug-likeness (QED) is 0.197. The van der Waals surface area contributed by atoms with Crippen LogP contribution in [0, 0.1) is 0 Å². The van der Waals surface area contributed by atoms with Crippen molar-refractivity contribution in [1.82, 2.24) is 4.90 Å². The van der Waals surface area contributed by atoms with Crippen LogP contribution in [0.3, 0.4) is 0 Å². The van der Waals surface area contributed by atoms with Gasteiger partial charge in [0.05, 0.1) is 11.6 Å². The zero-order chi connectivity index (χ0) is 30.9. The maximum Gasteiger partial charge on any atom is 0.180 e. The lowest BCUT2D eigenvalue weighted by Crippen LogP contribution is -2.38. The summed E-state index contributed by atoms with van der Waals surface area (Å²) in [7, 11) is 0. The van der Waals surface area contributed by atoms with Gasteiger partial charge in [-0.05, 0) is 72.2 Å². The highest BCUT2D eigenvalue weighted by Crippen LogP contribution is 2.51. The minimum Gasteiger partial charge on any atom is -0.490 e. The molecule has 0 aromatic heterocycles. The lowest BCUT2D eigenvalue weighted by molar-refractivity contribution is -0.117. The molecule has 7 rings (SSSR count). The van der Waals surface area contributed by atoms with Crippen molar-refractivity contribution in [2.24, 2.45) is 0 Å². The molecule has 0 unspecified atom stereocenters. The van der Waals surface area contributed by atoms with Gasteiger partial charge in [0.1, 0.15) is 6.61 Å². The van der Waals surface area contributed by atoms with Gasteiger partial charge in [-0.1, -0.05) is 84.4 Å². The van der Waals surface area contributed by atoms with Gasteiger partial charge in [-0.3, -0.25) is 9.59 Å². The van der Waals surface area contributed by atoms with E-state index in [1.165, 1.54) is 0 Å². The molecule has 1 heterocycles. The number of Topliss-reactive ketones (excluding diaryl/α,β-unsaturated/α-hetero) is 2. The first kappa shape index (κ1) is 29.4. The number of ether oxygens (including phenoxy) is 2. The molecule has 5 nitrogen and oxygen atoms in total. The second-order valence-corrected chi connectivity index (χ2v) is 12.4. The third-order valence-corrected chi connectivity index (χ3v) is 9.47. The predicted octanol–water partition coefficient (Wildman–Crippen LogP) is 9.08. The van der Waals surface area contributed by atoms with Crippen molar-refractivity contribution < 1.29 is 19.1 Å². The van der Waals surface area contributed by atoms with Crippen LogP contribution in [0.5, 0.6) is 11.5 Å². The van der Waals surface area contributed by atoms with Gasteiger partial charge in [0, 0.05) is 47.8 Å². The molecule has 0 bridgehead atoms. The Kier molecular flexibility index (Phi) is 8.20. The highest BCUT2D eigenvalue weighted by molar-refractivity contribution is 6.32. The number of allylic oxidation sites excluding steroid dienone is 4. The zero-order valence-electron chi connectivity index (χ0n) is 25.5. The first-order valence-corrected chi connectivity index (χ1v) is 16.3. The van der Waals surface area contributed by atoms with Crippen molar-refractivity contribution in [3.8, 4) is 11.5 Å². The van der Waals surface area contributed by atoms with Gasteiger partial charge in [0.2, 0.25) is 0 Å². The van der Waals surface area contributed by atoms with Gasteiger partial charge in [0.15, 0.2) is 23.1 Å². The Bertz CT molecular complexity index is 1810. The number of hydrogen-bond acceptors (Lipinski definition) is 5. The van der Waals surface area contributed by atoms with Crippen molar-refractivity contribution in [3.63, 3.8) is 0 Å². The summed E-state index contributed by atoms with van der Waals surface area (Å²) in [6.45, 7) is 3.30. The fourth-order valence-corrected chi connectivity index (χ4v) is 7.51. The molecule has 2 aliphatic carbocycles. The topological polar surface area (TPSA) is 55.8 Å². The van der Waals surface area contributed by atoms with Gasteiger partial charge < -0.3 is 14.4 Å². The predicted molar refractivity (Wildman–Crippen MR) is 177 cm³/mol. The first-order valence-electron chi connectivity index (χ1n) is 15.9. The first-order chi connectivity index (χ1) is 22.0. The number of carbonyl (C=O) groups excluding carboxylic acids is 2. The summed E-state index contributed by atoms with van der Waals surface area (Å²) in [6, 6.07) is 28.5. The number of nitrogens with zero attached hydrogens (tertiary/aromatic N) is 1. The largest absolute Gasteiger partial charge is 0.490 e. The van der Waals surface area contributed by atoms with Crippen LogP contribution in [0.4, 0.5) is 0 Å². The van der Waals surface area contributed by atoms with E-state index in [0.717, 1.165) is 75.7 Å². The minimum absolute atomic E-state index is 0.106. The van der Waals surface area contributed by atoms with Crippen LogP contribution in [0.25, 0.3) is 10.8 Å². The smallest absolute Gasteiger partial charge is 0.180 e. The number of hydrogen-bond donors (Lipinski definition) is 0. The summed E-state index contributed by atoms with van der Waals surface area (Å²) >= 11 is 7.02. The third kappa shape index (κ3) is 5.55. The van der Waals surface area contributed by atoms with E-state index >= 15 is 0 Å². The monoisotopic (exact) mass is 617 g/mol. The van der Waals surface area contributed by atoms with Crippen molar-refractivity contribution in [1.29, 1.82) is 0 Å². The van der Waals surface area contributed by atoms with E-state index in [1.54, 1.807) is 0 Å². The molecule has 3 aliphatic rings. The molecule has 0 saturated heterocycles. The zero-order valence-corrected chi connectivity index (χ0v) is 26.2. The number of ketones is 2. The number of rotatable bonds is 8. The molecule has 0 radical (unpaired) electrons. The fourth-order valence-electron chi connectivity index (χ4n) is 7.23. The van der Waals surface area contributed by atoms with E-state index in [9.17, 15) is 9.59 Å². The summed E-state index contributed by atoms with van der Waals surface area (Å²) in [5.74, 6) is 0.712. The highest BCUT2D eigenvalue weighted by Gasteiger charge is 2.43. The number of carbonyl (C=O) groups is 2. The minimum atomic E-state index is -0.480. The highest BCUT2D eigenvalue weighted by atomic mass is 35.5. The number of benzene rings is 4. The SMILES string of the molecule is CCOc1cc(C2C3=C(CCCC3=O)N(Cc3ccccc3)C3=C2C(=O)CCC3)cc(Cl)c1OCc1cccc2ccccc12. The van der Waals surface area contributed by atoms with Crippen LogP contribution in [0.15, 0.2) is 107 Å². The van der Waals surface area contributed by atoms with E-state index in [0.29, 0.717) is 49.1 Å². The Morgan fingerprint density at radius 3 is 2.16 bits per heavy atom. The molecule has 4 aromatic rings. The summed E-state index contributed by atoms with van der Waals surface area (Å²) in [5, 5.41) is 2.67. The molecule has 0 N–H and O–H groups in total. The van der Waals surface area contributed by atoms with E-state index in [-0.39, 0.29) is 11.6 Å². The maximum atomic E-state index is 13.8. The lowest BCUT2D eigenvalue weighted by atomic mass is 9.71. The molecule has 45 heavy (non-hydrogen) atoms. The Balaban J connectivity index is 1.31. The summed E-state index contributed by atoms with van der Waals surface area (Å²) in [6.07, 6.45) is 4.16. The molecule has 228 valence electrons. The van der Waals surface area contributed by atoms with Crippen LogP contribution in [-0.4, -0.2) is 23.1 Å². The average Bonchev–Trinajstić information content (AvgIpc) is 3.05. The Morgan fingerprint density at radius 1 is 0.778 bits per heavy atom. The molecule has 0 atom stereocenters. The van der Waals surface area contributed by atoms with Gasteiger partial charge in [-0.15, -0.1) is 0 Å². The molecule has 0 spiro atoms. The normalized spacial score (nSPS) is 17.1. The van der Waals surface area contributed by atoms with Crippen molar-refractivity contribution >= 4 is 33.9 Å². The summed E-state index contributed by atoms with van der Waals surface area (Å²) < 4.78 is 12.5. The second kappa shape index (κ2) is 12.6. The molecular weight excluding hydrogens is 582 g/mol. The molecule has 6 heteroatoms. The maximum absolute atomic E-state index is 13.8. The molecule has 0 fully saturated rings. The lowest BCUT2D eigenvalue weighted by Gasteiger charge is -2.44. The summed E-state index contributed by atoms with van der Waals surface area (Å²) in [4.78, 5) is 29.9. The van der Waals surface area contributed by atoms with Crippen LogP contribution in [0.2, 0.25) is 5.02 Å². The molecule has 1 aliphatic heterocycles. The summed E-state index contributed by atoms with van der Waals surface area (Å²) in [5.41, 5.74) is 6.54. The van der Waals surface area contributed by atoms with Gasteiger partial charge in [0.25, 0.3) is 0 Å². The second-order valence-electron chi connectivity index (χ2n) is 12.0. The van der Waals surface area contributed by atoms with Gasteiger partial charge in [-0.2, -0.15) is 0 Å². The van der Waals surface area contributed by atoms with Crippen molar-refractivity contribution in [2.75, 3.05) is 6.61 Å². The van der Waals surface area contributed by atoms with Crippen LogP contribution in [0.1, 0.15) is 68.1 Å².